The van der Waals surface area contributed by atoms with Gasteiger partial charge in [-0.1, -0.05) is 18.2 Å². The molecule has 0 spiro atoms. The van der Waals surface area contributed by atoms with E-state index in [0.717, 1.165) is 13.1 Å². The molecule has 1 aromatic heterocycles. The second kappa shape index (κ2) is 8.29. The lowest BCUT2D eigenvalue weighted by molar-refractivity contribution is -0.128. The number of halogens is 1. The van der Waals surface area contributed by atoms with Crippen molar-refractivity contribution in [2.75, 3.05) is 36.8 Å². The summed E-state index contributed by atoms with van der Waals surface area (Å²) < 4.78 is 13.8. The van der Waals surface area contributed by atoms with Crippen molar-refractivity contribution in [3.05, 3.63) is 54.1 Å². The van der Waals surface area contributed by atoms with Gasteiger partial charge in [0.05, 0.1) is 5.75 Å². The Morgan fingerprint density at radius 1 is 1.16 bits per heavy atom. The van der Waals surface area contributed by atoms with E-state index in [2.05, 4.69) is 14.9 Å². The first-order valence-electron chi connectivity index (χ1n) is 8.31. The number of rotatable bonds is 5. The summed E-state index contributed by atoms with van der Waals surface area (Å²) in [4.78, 5) is 24.9. The highest BCUT2D eigenvalue weighted by Gasteiger charge is 2.23. The number of anilines is 1. The molecule has 0 saturated carbocycles. The lowest BCUT2D eigenvalue weighted by Crippen LogP contribution is -2.49. The van der Waals surface area contributed by atoms with E-state index in [1.807, 2.05) is 17.9 Å². The standard InChI is InChI=1S/C18H21FN4OS/c1-14(15-5-2-3-6-16(15)19)25-13-17(24)22-9-11-23(12-10-22)18-20-7-4-8-21-18/h2-8,14H,9-13H2,1H3. The van der Waals surface area contributed by atoms with Crippen molar-refractivity contribution in [3.8, 4) is 0 Å². The smallest absolute Gasteiger partial charge is 0.232 e. The van der Waals surface area contributed by atoms with Crippen molar-refractivity contribution < 1.29 is 9.18 Å². The predicted octanol–water partition coefficient (Wildman–Crippen LogP) is 2.76. The Hall–Kier alpha value is -2.15. The Morgan fingerprint density at radius 3 is 2.52 bits per heavy atom. The lowest BCUT2D eigenvalue weighted by Gasteiger charge is -2.34. The Balaban J connectivity index is 1.47. The van der Waals surface area contributed by atoms with Crippen LogP contribution >= 0.6 is 11.8 Å². The predicted molar refractivity (Wildman–Crippen MR) is 98.1 cm³/mol. The first-order chi connectivity index (χ1) is 12.1. The van der Waals surface area contributed by atoms with E-state index in [4.69, 9.17) is 0 Å². The second-order valence-corrected chi connectivity index (χ2v) is 7.22. The molecule has 0 N–H and O–H groups in total. The van der Waals surface area contributed by atoms with E-state index >= 15 is 0 Å². The summed E-state index contributed by atoms with van der Waals surface area (Å²) in [5.41, 5.74) is 0.645. The molecule has 0 bridgehead atoms. The summed E-state index contributed by atoms with van der Waals surface area (Å²) >= 11 is 1.47. The van der Waals surface area contributed by atoms with Crippen LogP contribution in [0, 0.1) is 5.82 Å². The molecular formula is C18H21FN4OS. The van der Waals surface area contributed by atoms with Gasteiger partial charge in [-0.25, -0.2) is 14.4 Å². The van der Waals surface area contributed by atoms with Gasteiger partial charge < -0.3 is 9.80 Å². The number of thioether (sulfide) groups is 1. The van der Waals surface area contributed by atoms with Gasteiger partial charge in [-0.05, 0) is 19.1 Å². The third-order valence-electron chi connectivity index (χ3n) is 4.27. The molecule has 1 unspecified atom stereocenters. The molecule has 1 aliphatic rings. The van der Waals surface area contributed by atoms with Crippen LogP contribution in [0.2, 0.25) is 0 Å². The summed E-state index contributed by atoms with van der Waals surface area (Å²) in [6, 6.07) is 8.52. The Labute approximate surface area is 151 Å². The largest absolute Gasteiger partial charge is 0.338 e. The van der Waals surface area contributed by atoms with E-state index < -0.39 is 0 Å². The van der Waals surface area contributed by atoms with Crippen molar-refractivity contribution in [2.45, 2.75) is 12.2 Å². The number of amides is 1. The summed E-state index contributed by atoms with van der Waals surface area (Å²) in [5.74, 6) is 0.947. The van der Waals surface area contributed by atoms with Crippen LogP contribution in [0.25, 0.3) is 0 Å². The Kier molecular flexibility index (Phi) is 5.86. The highest BCUT2D eigenvalue weighted by atomic mass is 32.2. The van der Waals surface area contributed by atoms with Crippen LogP contribution < -0.4 is 4.90 Å². The number of nitrogens with zero attached hydrogens (tertiary/aromatic N) is 4. The van der Waals surface area contributed by atoms with Gasteiger partial charge >= 0.3 is 0 Å². The highest BCUT2D eigenvalue weighted by Crippen LogP contribution is 2.30. The normalized spacial score (nSPS) is 15.9. The SMILES string of the molecule is CC(SCC(=O)N1CCN(c2ncccn2)CC1)c1ccccc1F. The molecule has 1 aliphatic heterocycles. The Morgan fingerprint density at radius 2 is 1.84 bits per heavy atom. The van der Waals surface area contributed by atoms with Crippen molar-refractivity contribution in [3.63, 3.8) is 0 Å². The van der Waals surface area contributed by atoms with Gasteiger partial charge in [-0.3, -0.25) is 4.79 Å². The minimum absolute atomic E-state index is 0.0517. The molecule has 0 radical (unpaired) electrons. The van der Waals surface area contributed by atoms with Crippen LogP contribution in [0.15, 0.2) is 42.7 Å². The molecule has 2 heterocycles. The molecule has 1 atom stereocenters. The Bertz CT molecular complexity index is 707. The third kappa shape index (κ3) is 4.48. The molecule has 25 heavy (non-hydrogen) atoms. The monoisotopic (exact) mass is 360 g/mol. The van der Waals surface area contributed by atoms with Crippen LogP contribution in [-0.2, 0) is 4.79 Å². The highest BCUT2D eigenvalue weighted by molar-refractivity contribution is 8.00. The van der Waals surface area contributed by atoms with E-state index in [1.165, 1.54) is 17.8 Å². The topological polar surface area (TPSA) is 49.3 Å². The first kappa shape index (κ1) is 17.7. The molecule has 2 aromatic rings. The molecule has 1 amide bonds. The summed E-state index contributed by atoms with van der Waals surface area (Å²) in [6.07, 6.45) is 3.45. The van der Waals surface area contributed by atoms with Gasteiger partial charge in [0.2, 0.25) is 11.9 Å². The lowest BCUT2D eigenvalue weighted by atomic mass is 10.1. The van der Waals surface area contributed by atoms with E-state index in [-0.39, 0.29) is 17.0 Å². The van der Waals surface area contributed by atoms with Gasteiger partial charge in [0.25, 0.3) is 0 Å². The van der Waals surface area contributed by atoms with Crippen LogP contribution in [0.3, 0.4) is 0 Å². The molecule has 1 aromatic carbocycles. The first-order valence-corrected chi connectivity index (χ1v) is 9.36. The zero-order valence-electron chi connectivity index (χ0n) is 14.1. The van der Waals surface area contributed by atoms with Gasteiger partial charge in [-0.2, -0.15) is 0 Å². The van der Waals surface area contributed by atoms with Gasteiger partial charge in [0, 0.05) is 49.4 Å². The zero-order valence-corrected chi connectivity index (χ0v) is 15.0. The number of hydrogen-bond acceptors (Lipinski definition) is 5. The maximum atomic E-state index is 13.8. The van der Waals surface area contributed by atoms with E-state index in [9.17, 15) is 9.18 Å². The minimum Gasteiger partial charge on any atom is -0.338 e. The van der Waals surface area contributed by atoms with Crippen molar-refractivity contribution >= 4 is 23.6 Å². The molecule has 0 aliphatic carbocycles. The number of carbonyl (C=O) groups excluding carboxylic acids is 1. The summed E-state index contributed by atoms with van der Waals surface area (Å²) in [7, 11) is 0. The van der Waals surface area contributed by atoms with Gasteiger partial charge in [0.1, 0.15) is 5.82 Å². The number of carbonyl (C=O) groups is 1. The zero-order chi connectivity index (χ0) is 17.6. The second-order valence-electron chi connectivity index (χ2n) is 5.89. The van der Waals surface area contributed by atoms with Crippen LogP contribution in [0.1, 0.15) is 17.7 Å². The third-order valence-corrected chi connectivity index (χ3v) is 5.43. The van der Waals surface area contributed by atoms with Crippen LogP contribution in [-0.4, -0.2) is 52.7 Å². The van der Waals surface area contributed by atoms with Crippen molar-refractivity contribution in [1.29, 1.82) is 0 Å². The fraction of sp³-hybridized carbons (Fsp3) is 0.389. The minimum atomic E-state index is -0.216. The number of benzene rings is 1. The molecule has 7 heteroatoms. The average molecular weight is 360 g/mol. The number of piperazine rings is 1. The van der Waals surface area contributed by atoms with E-state index in [1.54, 1.807) is 30.6 Å². The van der Waals surface area contributed by atoms with E-state index in [0.29, 0.717) is 30.4 Å². The molecular weight excluding hydrogens is 339 g/mol. The quantitative estimate of drug-likeness (QED) is 0.821. The number of aromatic nitrogens is 2. The summed E-state index contributed by atoms with van der Waals surface area (Å²) in [5, 5.41) is -0.0517. The summed E-state index contributed by atoms with van der Waals surface area (Å²) in [6.45, 7) is 4.70. The maximum absolute atomic E-state index is 13.8. The molecule has 1 saturated heterocycles. The molecule has 1 fully saturated rings. The number of hydrogen-bond donors (Lipinski definition) is 0. The van der Waals surface area contributed by atoms with Crippen LogP contribution in [0.5, 0.6) is 0 Å². The molecule has 132 valence electrons. The fourth-order valence-corrected chi connectivity index (χ4v) is 3.74. The van der Waals surface area contributed by atoms with Crippen molar-refractivity contribution in [1.82, 2.24) is 14.9 Å². The van der Waals surface area contributed by atoms with Crippen molar-refractivity contribution in [2.24, 2.45) is 0 Å². The van der Waals surface area contributed by atoms with Gasteiger partial charge in [0.15, 0.2) is 0 Å². The van der Waals surface area contributed by atoms with Gasteiger partial charge in [-0.15, -0.1) is 11.8 Å². The maximum Gasteiger partial charge on any atom is 0.232 e. The molecule has 5 nitrogen and oxygen atoms in total. The fourth-order valence-electron chi connectivity index (χ4n) is 2.79. The molecule has 3 rings (SSSR count). The average Bonchev–Trinajstić information content (AvgIpc) is 2.67. The van der Waals surface area contributed by atoms with Crippen LogP contribution in [0.4, 0.5) is 10.3 Å².